The number of ether oxygens (including phenoxy) is 1. The van der Waals surface area contributed by atoms with Crippen molar-refractivity contribution >= 4 is 0 Å². The minimum absolute atomic E-state index is 0.112. The molecule has 2 heteroatoms. The first-order chi connectivity index (χ1) is 6.59. The van der Waals surface area contributed by atoms with E-state index in [0.29, 0.717) is 13.2 Å². The van der Waals surface area contributed by atoms with Crippen molar-refractivity contribution in [1.29, 1.82) is 0 Å². The molecule has 0 aliphatic rings. The fourth-order valence-electron chi connectivity index (χ4n) is 1.36. The van der Waals surface area contributed by atoms with Crippen molar-refractivity contribution in [3.63, 3.8) is 0 Å². The summed E-state index contributed by atoms with van der Waals surface area (Å²) in [7, 11) is 0. The van der Waals surface area contributed by atoms with Crippen molar-refractivity contribution in [3.8, 4) is 0 Å². The van der Waals surface area contributed by atoms with Crippen LogP contribution in [0.4, 0.5) is 0 Å². The van der Waals surface area contributed by atoms with Crippen molar-refractivity contribution in [2.45, 2.75) is 33.4 Å². The Kier molecular flexibility index (Phi) is 4.11. The molecule has 1 aromatic rings. The predicted molar refractivity (Wildman–Crippen MR) is 59.2 cm³/mol. The van der Waals surface area contributed by atoms with Gasteiger partial charge in [-0.2, -0.15) is 0 Å². The topological polar surface area (TPSA) is 35.2 Å². The second kappa shape index (κ2) is 5.13. The van der Waals surface area contributed by atoms with E-state index in [4.69, 9.17) is 10.5 Å². The highest BCUT2D eigenvalue weighted by molar-refractivity contribution is 5.29. The Bertz CT molecular complexity index is 294. The van der Waals surface area contributed by atoms with Crippen LogP contribution in [0.1, 0.15) is 23.6 Å². The number of nitrogens with two attached hydrogens (primary N) is 1. The van der Waals surface area contributed by atoms with Gasteiger partial charge in [-0.25, -0.2) is 0 Å². The standard InChI is InChI=1S/C12H19NO/c1-9-4-5-12(10(2)6-9)8-14-7-11(3)13/h4-6,11H,7-8,13H2,1-3H3/t11-/m1/s1. The van der Waals surface area contributed by atoms with E-state index in [1.807, 2.05) is 6.92 Å². The van der Waals surface area contributed by atoms with Gasteiger partial charge in [0.2, 0.25) is 0 Å². The zero-order valence-electron chi connectivity index (χ0n) is 9.21. The monoisotopic (exact) mass is 193 g/mol. The normalized spacial score (nSPS) is 12.9. The Balaban J connectivity index is 2.51. The smallest absolute Gasteiger partial charge is 0.0720 e. The Hall–Kier alpha value is -0.860. The second-order valence-electron chi connectivity index (χ2n) is 3.92. The molecule has 0 saturated carbocycles. The number of hydrogen-bond donors (Lipinski definition) is 1. The molecule has 0 amide bonds. The molecule has 0 saturated heterocycles. The molecule has 1 rings (SSSR count). The van der Waals surface area contributed by atoms with Crippen LogP contribution in [0, 0.1) is 13.8 Å². The van der Waals surface area contributed by atoms with Crippen molar-refractivity contribution in [1.82, 2.24) is 0 Å². The molecule has 0 aliphatic heterocycles. The SMILES string of the molecule is Cc1ccc(COC[C@@H](C)N)c(C)c1. The van der Waals surface area contributed by atoms with Crippen LogP contribution in [0.15, 0.2) is 18.2 Å². The van der Waals surface area contributed by atoms with Crippen LogP contribution in [-0.2, 0) is 11.3 Å². The molecule has 1 atom stereocenters. The highest BCUT2D eigenvalue weighted by atomic mass is 16.5. The van der Waals surface area contributed by atoms with Gasteiger partial charge in [-0.05, 0) is 31.9 Å². The van der Waals surface area contributed by atoms with Gasteiger partial charge in [-0.3, -0.25) is 0 Å². The summed E-state index contributed by atoms with van der Waals surface area (Å²) in [6, 6.07) is 6.51. The average Bonchev–Trinajstić information content (AvgIpc) is 2.08. The summed E-state index contributed by atoms with van der Waals surface area (Å²) in [5.74, 6) is 0. The quantitative estimate of drug-likeness (QED) is 0.795. The van der Waals surface area contributed by atoms with E-state index < -0.39 is 0 Å². The lowest BCUT2D eigenvalue weighted by molar-refractivity contribution is 0.111. The van der Waals surface area contributed by atoms with Gasteiger partial charge in [0.25, 0.3) is 0 Å². The van der Waals surface area contributed by atoms with Crippen molar-refractivity contribution in [2.24, 2.45) is 5.73 Å². The first-order valence-corrected chi connectivity index (χ1v) is 4.99. The molecule has 0 radical (unpaired) electrons. The van der Waals surface area contributed by atoms with Crippen molar-refractivity contribution < 1.29 is 4.74 Å². The van der Waals surface area contributed by atoms with Gasteiger partial charge in [0.05, 0.1) is 13.2 Å². The summed E-state index contributed by atoms with van der Waals surface area (Å²) < 4.78 is 5.48. The summed E-state index contributed by atoms with van der Waals surface area (Å²) in [5, 5.41) is 0. The molecule has 0 aliphatic carbocycles. The zero-order valence-corrected chi connectivity index (χ0v) is 9.21. The van der Waals surface area contributed by atoms with Gasteiger partial charge in [-0.1, -0.05) is 23.8 Å². The van der Waals surface area contributed by atoms with Crippen LogP contribution in [0.5, 0.6) is 0 Å². The molecule has 2 nitrogen and oxygen atoms in total. The van der Waals surface area contributed by atoms with Gasteiger partial charge in [0, 0.05) is 6.04 Å². The Morgan fingerprint density at radius 3 is 2.64 bits per heavy atom. The molecule has 2 N–H and O–H groups in total. The summed E-state index contributed by atoms with van der Waals surface area (Å²) in [6.07, 6.45) is 0. The third kappa shape index (κ3) is 3.48. The summed E-state index contributed by atoms with van der Waals surface area (Å²) in [4.78, 5) is 0. The van der Waals surface area contributed by atoms with E-state index in [1.165, 1.54) is 16.7 Å². The molecule has 0 spiro atoms. The van der Waals surface area contributed by atoms with Crippen LogP contribution in [0.25, 0.3) is 0 Å². The van der Waals surface area contributed by atoms with E-state index in [2.05, 4.69) is 32.0 Å². The first-order valence-electron chi connectivity index (χ1n) is 4.99. The molecule has 0 unspecified atom stereocenters. The van der Waals surface area contributed by atoms with E-state index in [-0.39, 0.29) is 6.04 Å². The molecular formula is C12H19NO. The molecule has 0 heterocycles. The van der Waals surface area contributed by atoms with Gasteiger partial charge in [-0.15, -0.1) is 0 Å². The largest absolute Gasteiger partial charge is 0.375 e. The molecule has 0 bridgehead atoms. The van der Waals surface area contributed by atoms with Crippen LogP contribution in [0.2, 0.25) is 0 Å². The minimum Gasteiger partial charge on any atom is -0.375 e. The fraction of sp³-hybridized carbons (Fsp3) is 0.500. The number of aryl methyl sites for hydroxylation is 2. The maximum absolute atomic E-state index is 5.59. The van der Waals surface area contributed by atoms with Crippen LogP contribution < -0.4 is 5.73 Å². The lowest BCUT2D eigenvalue weighted by Gasteiger charge is -2.09. The van der Waals surface area contributed by atoms with Crippen molar-refractivity contribution in [2.75, 3.05) is 6.61 Å². The Labute approximate surface area is 86.1 Å². The molecule has 0 fully saturated rings. The maximum Gasteiger partial charge on any atom is 0.0720 e. The third-order valence-electron chi connectivity index (χ3n) is 2.14. The number of rotatable bonds is 4. The fourth-order valence-corrected chi connectivity index (χ4v) is 1.36. The van der Waals surface area contributed by atoms with Crippen LogP contribution in [-0.4, -0.2) is 12.6 Å². The first kappa shape index (κ1) is 11.2. The van der Waals surface area contributed by atoms with E-state index >= 15 is 0 Å². The summed E-state index contributed by atoms with van der Waals surface area (Å²) in [5.41, 5.74) is 9.42. The predicted octanol–water partition coefficient (Wildman–Crippen LogP) is 2.17. The number of hydrogen-bond acceptors (Lipinski definition) is 2. The lowest BCUT2D eigenvalue weighted by atomic mass is 10.1. The average molecular weight is 193 g/mol. The summed E-state index contributed by atoms with van der Waals surface area (Å²) >= 11 is 0. The van der Waals surface area contributed by atoms with E-state index in [1.54, 1.807) is 0 Å². The summed E-state index contributed by atoms with van der Waals surface area (Å²) in [6.45, 7) is 7.43. The minimum atomic E-state index is 0.112. The van der Waals surface area contributed by atoms with Gasteiger partial charge in [0.1, 0.15) is 0 Å². The Morgan fingerprint density at radius 1 is 1.36 bits per heavy atom. The van der Waals surface area contributed by atoms with E-state index in [9.17, 15) is 0 Å². The van der Waals surface area contributed by atoms with E-state index in [0.717, 1.165) is 0 Å². The van der Waals surface area contributed by atoms with Crippen molar-refractivity contribution in [3.05, 3.63) is 34.9 Å². The molecule has 78 valence electrons. The molecule has 14 heavy (non-hydrogen) atoms. The molecular weight excluding hydrogens is 174 g/mol. The Morgan fingerprint density at radius 2 is 2.07 bits per heavy atom. The van der Waals surface area contributed by atoms with Gasteiger partial charge in [0.15, 0.2) is 0 Å². The van der Waals surface area contributed by atoms with Crippen LogP contribution in [0.3, 0.4) is 0 Å². The maximum atomic E-state index is 5.59. The highest BCUT2D eigenvalue weighted by Gasteiger charge is 1.99. The third-order valence-corrected chi connectivity index (χ3v) is 2.14. The van der Waals surface area contributed by atoms with Crippen LogP contribution >= 0.6 is 0 Å². The molecule has 1 aromatic carbocycles. The zero-order chi connectivity index (χ0) is 10.6. The molecule has 0 aromatic heterocycles. The van der Waals surface area contributed by atoms with Gasteiger partial charge < -0.3 is 10.5 Å². The van der Waals surface area contributed by atoms with Gasteiger partial charge >= 0.3 is 0 Å². The second-order valence-corrected chi connectivity index (χ2v) is 3.92. The lowest BCUT2D eigenvalue weighted by Crippen LogP contribution is -2.21. The highest BCUT2D eigenvalue weighted by Crippen LogP contribution is 2.11. The number of benzene rings is 1.